The first-order valence-electron chi connectivity index (χ1n) is 8.12. The van der Waals surface area contributed by atoms with Crippen LogP contribution in [0.25, 0.3) is 0 Å². The van der Waals surface area contributed by atoms with Crippen LogP contribution in [-0.4, -0.2) is 19.1 Å². The predicted molar refractivity (Wildman–Crippen MR) is 105 cm³/mol. The van der Waals surface area contributed by atoms with E-state index in [4.69, 9.17) is 5.14 Å². The molecule has 2 aromatic rings. The normalized spacial score (nSPS) is 12.7. The van der Waals surface area contributed by atoms with Crippen molar-refractivity contribution in [2.45, 2.75) is 38.0 Å². The van der Waals surface area contributed by atoms with Crippen LogP contribution < -0.4 is 10.6 Å². The van der Waals surface area contributed by atoms with Crippen LogP contribution in [0.3, 0.4) is 0 Å². The summed E-state index contributed by atoms with van der Waals surface area (Å²) in [6.45, 7) is 8.13. The Morgan fingerprint density at radius 3 is 2.22 bits per heavy atom. The van der Waals surface area contributed by atoms with Gasteiger partial charge in [0.2, 0.25) is 10.0 Å². The maximum absolute atomic E-state index is 11.4. The minimum Gasteiger partial charge on any atom is -0.271 e. The van der Waals surface area contributed by atoms with Gasteiger partial charge in [0.15, 0.2) is 0 Å². The third-order valence-electron chi connectivity index (χ3n) is 4.01. The lowest BCUT2D eigenvalue weighted by molar-refractivity contribution is -0.384. The van der Waals surface area contributed by atoms with Crippen molar-refractivity contribution in [2.24, 2.45) is 10.2 Å². The summed E-state index contributed by atoms with van der Waals surface area (Å²) in [5, 5.41) is 20.4. The molecule has 0 aliphatic carbocycles. The number of nitro benzene ring substituents is 1. The van der Waals surface area contributed by atoms with E-state index in [1.807, 2.05) is 24.3 Å². The molecule has 0 aliphatic rings. The van der Waals surface area contributed by atoms with E-state index in [9.17, 15) is 18.5 Å². The molecule has 2 rings (SSSR count). The second-order valence-electron chi connectivity index (χ2n) is 7.12. The SMILES string of the molecule is CC(=NNc1ccc(S(N)(=O)=O)cc1[N+](=O)[O-])c1ccc(C(C)(C)C)cc1. The molecular formula is C18H22N4O4S. The summed E-state index contributed by atoms with van der Waals surface area (Å²) in [5.41, 5.74) is 4.97. The average molecular weight is 390 g/mol. The number of nitrogens with one attached hydrogen (secondary N) is 1. The third kappa shape index (κ3) is 5.11. The van der Waals surface area contributed by atoms with Crippen LogP contribution in [0.5, 0.6) is 0 Å². The lowest BCUT2D eigenvalue weighted by Crippen LogP contribution is -2.12. The van der Waals surface area contributed by atoms with Gasteiger partial charge in [0, 0.05) is 6.07 Å². The minimum atomic E-state index is -4.03. The van der Waals surface area contributed by atoms with E-state index in [2.05, 4.69) is 31.3 Å². The number of benzene rings is 2. The summed E-state index contributed by atoms with van der Waals surface area (Å²) < 4.78 is 22.8. The zero-order valence-electron chi connectivity index (χ0n) is 15.6. The van der Waals surface area contributed by atoms with Gasteiger partial charge >= 0.3 is 0 Å². The second kappa shape index (κ2) is 7.45. The van der Waals surface area contributed by atoms with Crippen LogP contribution in [-0.2, 0) is 15.4 Å². The van der Waals surface area contributed by atoms with E-state index < -0.39 is 20.6 Å². The van der Waals surface area contributed by atoms with Crippen molar-refractivity contribution in [3.05, 3.63) is 63.7 Å². The van der Waals surface area contributed by atoms with Gasteiger partial charge in [-0.3, -0.25) is 15.5 Å². The number of primary sulfonamides is 1. The van der Waals surface area contributed by atoms with Gasteiger partial charge in [-0.05, 0) is 35.6 Å². The molecule has 0 bridgehead atoms. The van der Waals surface area contributed by atoms with E-state index >= 15 is 0 Å². The molecule has 9 heteroatoms. The molecule has 0 atom stereocenters. The lowest BCUT2D eigenvalue weighted by atomic mass is 9.86. The molecule has 0 radical (unpaired) electrons. The Balaban J connectivity index is 2.30. The number of hydrogen-bond donors (Lipinski definition) is 2. The fourth-order valence-electron chi connectivity index (χ4n) is 2.35. The fraction of sp³-hybridized carbons (Fsp3) is 0.278. The van der Waals surface area contributed by atoms with Crippen molar-refractivity contribution in [3.63, 3.8) is 0 Å². The Morgan fingerprint density at radius 2 is 1.74 bits per heavy atom. The minimum absolute atomic E-state index is 0.0352. The van der Waals surface area contributed by atoms with E-state index in [0.29, 0.717) is 5.71 Å². The lowest BCUT2D eigenvalue weighted by Gasteiger charge is -2.19. The molecular weight excluding hydrogens is 368 g/mol. The van der Waals surface area contributed by atoms with E-state index in [1.165, 1.54) is 17.7 Å². The Hall–Kier alpha value is -2.78. The number of hydrogen-bond acceptors (Lipinski definition) is 6. The van der Waals surface area contributed by atoms with Crippen LogP contribution in [0.15, 0.2) is 52.5 Å². The highest BCUT2D eigenvalue weighted by atomic mass is 32.2. The number of nitrogens with two attached hydrogens (primary N) is 1. The molecule has 0 fully saturated rings. The monoisotopic (exact) mass is 390 g/mol. The smallest absolute Gasteiger partial charge is 0.271 e. The Labute approximate surface area is 158 Å². The van der Waals surface area contributed by atoms with Crippen LogP contribution >= 0.6 is 0 Å². The molecule has 0 saturated heterocycles. The quantitative estimate of drug-likeness (QED) is 0.459. The van der Waals surface area contributed by atoms with Crippen molar-refractivity contribution in [1.29, 1.82) is 0 Å². The van der Waals surface area contributed by atoms with Gasteiger partial charge in [0.05, 0.1) is 15.5 Å². The molecule has 3 N–H and O–H groups in total. The summed E-state index contributed by atoms with van der Waals surface area (Å²) >= 11 is 0. The highest BCUT2D eigenvalue weighted by Crippen LogP contribution is 2.27. The number of sulfonamides is 1. The summed E-state index contributed by atoms with van der Waals surface area (Å²) in [6.07, 6.45) is 0. The van der Waals surface area contributed by atoms with Crippen molar-refractivity contribution >= 4 is 27.1 Å². The second-order valence-corrected chi connectivity index (χ2v) is 8.68. The first kappa shape index (κ1) is 20.5. The largest absolute Gasteiger partial charge is 0.295 e. The zero-order chi connectivity index (χ0) is 20.4. The maximum atomic E-state index is 11.4. The number of nitrogens with zero attached hydrogens (tertiary/aromatic N) is 2. The Bertz CT molecular complexity index is 991. The van der Waals surface area contributed by atoms with Crippen molar-refractivity contribution in [3.8, 4) is 0 Å². The molecule has 0 unspecified atom stereocenters. The van der Waals surface area contributed by atoms with Crippen LogP contribution in [0.2, 0.25) is 0 Å². The Kier molecular flexibility index (Phi) is 5.67. The third-order valence-corrected chi connectivity index (χ3v) is 4.92. The van der Waals surface area contributed by atoms with Gasteiger partial charge in [-0.1, -0.05) is 45.0 Å². The fourth-order valence-corrected chi connectivity index (χ4v) is 2.89. The summed E-state index contributed by atoms with van der Waals surface area (Å²) in [6, 6.07) is 11.2. The van der Waals surface area contributed by atoms with Crippen LogP contribution in [0.4, 0.5) is 11.4 Å². The van der Waals surface area contributed by atoms with E-state index in [0.717, 1.165) is 11.6 Å². The molecule has 0 aliphatic heterocycles. The van der Waals surface area contributed by atoms with Gasteiger partial charge in [-0.25, -0.2) is 13.6 Å². The first-order valence-corrected chi connectivity index (χ1v) is 9.66. The molecule has 0 amide bonds. The van der Waals surface area contributed by atoms with Gasteiger partial charge < -0.3 is 0 Å². The van der Waals surface area contributed by atoms with Gasteiger partial charge in [-0.2, -0.15) is 5.10 Å². The molecule has 2 aromatic carbocycles. The van der Waals surface area contributed by atoms with E-state index in [-0.39, 0.29) is 16.0 Å². The number of anilines is 1. The van der Waals surface area contributed by atoms with Gasteiger partial charge in [0.1, 0.15) is 5.69 Å². The zero-order valence-corrected chi connectivity index (χ0v) is 16.4. The number of nitro groups is 1. The summed E-state index contributed by atoms with van der Waals surface area (Å²) in [7, 11) is -4.03. The molecule has 0 heterocycles. The molecule has 0 aromatic heterocycles. The summed E-state index contributed by atoms with van der Waals surface area (Å²) in [4.78, 5) is 10.2. The highest BCUT2D eigenvalue weighted by Gasteiger charge is 2.19. The maximum Gasteiger partial charge on any atom is 0.295 e. The molecule has 0 spiro atoms. The molecule has 0 saturated carbocycles. The average Bonchev–Trinajstić information content (AvgIpc) is 2.58. The van der Waals surface area contributed by atoms with E-state index in [1.54, 1.807) is 6.92 Å². The van der Waals surface area contributed by atoms with Crippen molar-refractivity contribution < 1.29 is 13.3 Å². The Morgan fingerprint density at radius 1 is 1.15 bits per heavy atom. The topological polar surface area (TPSA) is 128 Å². The van der Waals surface area contributed by atoms with Gasteiger partial charge in [-0.15, -0.1) is 0 Å². The standard InChI is InChI=1S/C18H22N4O4S/c1-12(13-5-7-14(8-6-13)18(2,3)4)20-21-16-10-9-15(27(19,25)26)11-17(16)22(23)24/h5-11,21H,1-4H3,(H2,19,25,26). The summed E-state index contributed by atoms with van der Waals surface area (Å²) in [5.74, 6) is 0. The number of rotatable bonds is 5. The molecule has 8 nitrogen and oxygen atoms in total. The van der Waals surface area contributed by atoms with Crippen LogP contribution in [0.1, 0.15) is 38.8 Å². The van der Waals surface area contributed by atoms with Crippen molar-refractivity contribution in [1.82, 2.24) is 0 Å². The molecule has 27 heavy (non-hydrogen) atoms. The molecule has 144 valence electrons. The number of hydrazone groups is 1. The first-order chi connectivity index (χ1) is 12.4. The van der Waals surface area contributed by atoms with Crippen LogP contribution in [0, 0.1) is 10.1 Å². The van der Waals surface area contributed by atoms with Crippen molar-refractivity contribution in [2.75, 3.05) is 5.43 Å². The van der Waals surface area contributed by atoms with Gasteiger partial charge in [0.25, 0.3) is 5.69 Å². The highest BCUT2D eigenvalue weighted by molar-refractivity contribution is 7.89. The predicted octanol–water partition coefficient (Wildman–Crippen LogP) is 3.38.